The fourth-order valence-corrected chi connectivity index (χ4v) is 3.71. The molecule has 0 saturated carbocycles. The van der Waals surface area contributed by atoms with Gasteiger partial charge in [0.05, 0.1) is 0 Å². The fraction of sp³-hybridized carbons (Fsp3) is 0.526. The number of hydrogen-bond donors (Lipinski definition) is 0. The number of aromatic nitrogens is 3. The molecule has 2 saturated heterocycles. The number of halogens is 3. The van der Waals surface area contributed by atoms with E-state index in [2.05, 4.69) is 35.7 Å². The maximum absolute atomic E-state index is 12.6. The Hall–Kier alpha value is -2.42. The third kappa shape index (κ3) is 4.35. The molecule has 2 aliphatic heterocycles. The van der Waals surface area contributed by atoms with E-state index in [1.165, 1.54) is 25.1 Å². The fourth-order valence-electron chi connectivity index (χ4n) is 3.71. The van der Waals surface area contributed by atoms with Crippen LogP contribution in [0.3, 0.4) is 0 Å². The van der Waals surface area contributed by atoms with Gasteiger partial charge in [0.25, 0.3) is 0 Å². The summed E-state index contributed by atoms with van der Waals surface area (Å²) < 4.78 is 37.9. The molecule has 0 aliphatic carbocycles. The van der Waals surface area contributed by atoms with Crippen molar-refractivity contribution in [2.75, 3.05) is 49.1 Å². The van der Waals surface area contributed by atoms with Crippen molar-refractivity contribution in [2.24, 2.45) is 0 Å². The van der Waals surface area contributed by atoms with Gasteiger partial charge in [-0.25, -0.2) is 9.97 Å². The second-order valence-electron chi connectivity index (χ2n) is 7.24. The standard InChI is InChI=1S/C19H23F3N6/c20-19(21,22)16-4-3-15(12-23-16)13-26-7-9-28(10-8-26)18-11-17(24-14-25-18)27-5-1-2-6-27/h3-4,11-12,14H,1-2,5-10,13H2. The number of hydrogen-bond acceptors (Lipinski definition) is 6. The van der Waals surface area contributed by atoms with E-state index in [0.29, 0.717) is 6.54 Å². The van der Waals surface area contributed by atoms with Gasteiger partial charge >= 0.3 is 6.18 Å². The molecule has 28 heavy (non-hydrogen) atoms. The lowest BCUT2D eigenvalue weighted by molar-refractivity contribution is -0.141. The van der Waals surface area contributed by atoms with Gasteiger partial charge in [-0.2, -0.15) is 13.2 Å². The number of nitrogens with zero attached hydrogens (tertiary/aromatic N) is 6. The van der Waals surface area contributed by atoms with Crippen LogP contribution < -0.4 is 9.80 Å². The van der Waals surface area contributed by atoms with Crippen LogP contribution in [0, 0.1) is 0 Å². The molecule has 0 N–H and O–H groups in total. The molecule has 9 heteroatoms. The van der Waals surface area contributed by atoms with E-state index in [1.54, 1.807) is 6.33 Å². The summed E-state index contributed by atoms with van der Waals surface area (Å²) >= 11 is 0. The van der Waals surface area contributed by atoms with Crippen LogP contribution in [-0.4, -0.2) is 59.1 Å². The zero-order valence-corrected chi connectivity index (χ0v) is 15.6. The van der Waals surface area contributed by atoms with Crippen molar-refractivity contribution >= 4 is 11.6 Å². The quantitative estimate of drug-likeness (QED) is 0.798. The smallest absolute Gasteiger partial charge is 0.356 e. The van der Waals surface area contributed by atoms with Crippen LogP contribution in [0.5, 0.6) is 0 Å². The molecular formula is C19H23F3N6. The van der Waals surface area contributed by atoms with Crippen molar-refractivity contribution in [1.29, 1.82) is 0 Å². The highest BCUT2D eigenvalue weighted by Gasteiger charge is 2.32. The monoisotopic (exact) mass is 392 g/mol. The minimum absolute atomic E-state index is 0.599. The zero-order valence-electron chi connectivity index (χ0n) is 15.6. The first kappa shape index (κ1) is 18.9. The molecule has 0 radical (unpaired) electrons. The average Bonchev–Trinajstić information content (AvgIpc) is 3.23. The molecule has 0 amide bonds. The SMILES string of the molecule is FC(F)(F)c1ccc(CN2CCN(c3cc(N4CCCC4)ncn3)CC2)cn1. The van der Waals surface area contributed by atoms with Crippen LogP contribution in [0.25, 0.3) is 0 Å². The molecule has 0 unspecified atom stereocenters. The molecular weight excluding hydrogens is 369 g/mol. The molecule has 4 heterocycles. The lowest BCUT2D eigenvalue weighted by Gasteiger charge is -2.35. The van der Waals surface area contributed by atoms with E-state index in [1.807, 2.05) is 0 Å². The lowest BCUT2D eigenvalue weighted by Crippen LogP contribution is -2.46. The normalized spacial score (nSPS) is 18.7. The minimum atomic E-state index is -4.39. The molecule has 0 atom stereocenters. The Balaban J connectivity index is 1.33. The van der Waals surface area contributed by atoms with Crippen LogP contribution >= 0.6 is 0 Å². The first-order chi connectivity index (χ1) is 13.5. The second kappa shape index (κ2) is 7.90. The summed E-state index contributed by atoms with van der Waals surface area (Å²) in [6.45, 7) is 5.99. The summed E-state index contributed by atoms with van der Waals surface area (Å²) in [6.07, 6.45) is 0.967. The van der Waals surface area contributed by atoms with E-state index < -0.39 is 11.9 Å². The Bertz CT molecular complexity index is 781. The predicted molar refractivity (Wildman–Crippen MR) is 100 cm³/mol. The number of piperazine rings is 1. The van der Waals surface area contributed by atoms with Crippen LogP contribution in [-0.2, 0) is 12.7 Å². The maximum atomic E-state index is 12.6. The summed E-state index contributed by atoms with van der Waals surface area (Å²) in [6, 6.07) is 4.61. The minimum Gasteiger partial charge on any atom is -0.356 e. The summed E-state index contributed by atoms with van der Waals surface area (Å²) in [4.78, 5) is 19.1. The molecule has 2 aromatic rings. The average molecular weight is 392 g/mol. The van der Waals surface area contributed by atoms with Crippen molar-refractivity contribution in [3.8, 4) is 0 Å². The number of rotatable bonds is 4. The van der Waals surface area contributed by atoms with E-state index in [0.717, 1.165) is 62.5 Å². The molecule has 0 spiro atoms. The Morgan fingerprint density at radius 2 is 1.46 bits per heavy atom. The summed E-state index contributed by atoms with van der Waals surface area (Å²) in [5.41, 5.74) is -0.0570. The largest absolute Gasteiger partial charge is 0.433 e. The topological polar surface area (TPSA) is 48.4 Å². The van der Waals surface area contributed by atoms with Gasteiger partial charge in [-0.3, -0.25) is 9.88 Å². The predicted octanol–water partition coefficient (Wildman–Crippen LogP) is 2.81. The highest BCUT2D eigenvalue weighted by molar-refractivity contribution is 5.50. The van der Waals surface area contributed by atoms with E-state index in [9.17, 15) is 13.2 Å². The Kier molecular flexibility index (Phi) is 5.34. The Morgan fingerprint density at radius 1 is 0.821 bits per heavy atom. The maximum Gasteiger partial charge on any atom is 0.433 e. The van der Waals surface area contributed by atoms with Gasteiger partial charge in [-0.1, -0.05) is 6.07 Å². The molecule has 2 aromatic heterocycles. The van der Waals surface area contributed by atoms with Gasteiger partial charge < -0.3 is 9.80 Å². The third-order valence-electron chi connectivity index (χ3n) is 5.29. The number of anilines is 2. The van der Waals surface area contributed by atoms with Crippen LogP contribution in [0.4, 0.5) is 24.8 Å². The van der Waals surface area contributed by atoms with Crippen molar-refractivity contribution < 1.29 is 13.2 Å². The van der Waals surface area contributed by atoms with Crippen LogP contribution in [0.2, 0.25) is 0 Å². The van der Waals surface area contributed by atoms with Gasteiger partial charge in [0.15, 0.2) is 0 Å². The van der Waals surface area contributed by atoms with Crippen molar-refractivity contribution in [2.45, 2.75) is 25.6 Å². The van der Waals surface area contributed by atoms with Gasteiger partial charge in [-0.15, -0.1) is 0 Å². The van der Waals surface area contributed by atoms with Gasteiger partial charge in [0.1, 0.15) is 23.7 Å². The number of pyridine rings is 1. The Labute approximate surface area is 162 Å². The molecule has 150 valence electrons. The lowest BCUT2D eigenvalue weighted by atomic mass is 10.2. The highest BCUT2D eigenvalue weighted by Crippen LogP contribution is 2.27. The molecule has 0 bridgehead atoms. The third-order valence-corrected chi connectivity index (χ3v) is 5.29. The molecule has 0 aromatic carbocycles. The van der Waals surface area contributed by atoms with E-state index >= 15 is 0 Å². The highest BCUT2D eigenvalue weighted by atomic mass is 19.4. The second-order valence-corrected chi connectivity index (χ2v) is 7.24. The molecule has 2 aliphatic rings. The summed E-state index contributed by atoms with van der Waals surface area (Å²) in [5, 5.41) is 0. The van der Waals surface area contributed by atoms with Crippen molar-refractivity contribution in [1.82, 2.24) is 19.9 Å². The zero-order chi connectivity index (χ0) is 19.6. The molecule has 6 nitrogen and oxygen atoms in total. The molecule has 4 rings (SSSR count). The van der Waals surface area contributed by atoms with Gasteiger partial charge in [0, 0.05) is 58.1 Å². The summed E-state index contributed by atoms with van der Waals surface area (Å²) in [7, 11) is 0. The van der Waals surface area contributed by atoms with Crippen molar-refractivity contribution in [3.63, 3.8) is 0 Å². The number of alkyl halides is 3. The van der Waals surface area contributed by atoms with Crippen LogP contribution in [0.1, 0.15) is 24.1 Å². The van der Waals surface area contributed by atoms with Crippen LogP contribution in [0.15, 0.2) is 30.7 Å². The Morgan fingerprint density at radius 3 is 2.04 bits per heavy atom. The van der Waals surface area contributed by atoms with Gasteiger partial charge in [-0.05, 0) is 24.5 Å². The van der Waals surface area contributed by atoms with Crippen molar-refractivity contribution in [3.05, 3.63) is 42.0 Å². The van der Waals surface area contributed by atoms with E-state index in [4.69, 9.17) is 0 Å². The summed E-state index contributed by atoms with van der Waals surface area (Å²) in [5.74, 6) is 1.92. The van der Waals surface area contributed by atoms with E-state index in [-0.39, 0.29) is 0 Å². The van der Waals surface area contributed by atoms with Gasteiger partial charge in [0.2, 0.25) is 0 Å². The first-order valence-corrected chi connectivity index (χ1v) is 9.55. The first-order valence-electron chi connectivity index (χ1n) is 9.55. The molecule has 2 fully saturated rings.